The van der Waals surface area contributed by atoms with Gasteiger partial charge in [-0.3, -0.25) is 4.79 Å². The molecule has 5 N–H and O–H groups in total. The molecule has 1 aromatic carbocycles. The van der Waals surface area contributed by atoms with Crippen LogP contribution in [-0.2, 0) is 15.6 Å². The van der Waals surface area contributed by atoms with Crippen LogP contribution >= 0.6 is 11.6 Å². The minimum Gasteiger partial charge on any atom is -0.375 e. The van der Waals surface area contributed by atoms with Crippen LogP contribution in [0.2, 0.25) is 5.02 Å². The molecule has 1 aromatic heterocycles. The van der Waals surface area contributed by atoms with Gasteiger partial charge in [0.05, 0.1) is 21.7 Å². The third kappa shape index (κ3) is 4.13. The number of aromatic amines is 1. The fraction of sp³-hybridized carbons (Fsp3) is 0.381. The predicted molar refractivity (Wildman–Crippen MR) is 119 cm³/mol. The number of nitrogens with two attached hydrogens (primary N) is 1. The molecule has 1 fully saturated rings. The molecule has 33 heavy (non-hydrogen) atoms. The lowest BCUT2D eigenvalue weighted by molar-refractivity contribution is -0.146. The number of sulfonamides is 1. The minimum atomic E-state index is -4.73. The van der Waals surface area contributed by atoms with E-state index in [0.29, 0.717) is 21.6 Å². The molecule has 1 unspecified atom stereocenters. The Labute approximate surface area is 193 Å². The summed E-state index contributed by atoms with van der Waals surface area (Å²) in [5.41, 5.74) is 6.02. The Balaban J connectivity index is 1.77. The van der Waals surface area contributed by atoms with Gasteiger partial charge in [0.2, 0.25) is 10.0 Å². The molecule has 2 aromatic rings. The van der Waals surface area contributed by atoms with E-state index in [0.717, 1.165) is 32.4 Å². The molecule has 178 valence electrons. The molecule has 7 nitrogen and oxygen atoms in total. The summed E-state index contributed by atoms with van der Waals surface area (Å²) in [6.45, 7) is 0.728. The highest BCUT2D eigenvalue weighted by Crippen LogP contribution is 2.47. The molecule has 4 rings (SSSR count). The van der Waals surface area contributed by atoms with Crippen LogP contribution in [0, 0.1) is 5.92 Å². The highest BCUT2D eigenvalue weighted by molar-refractivity contribution is 7.93. The van der Waals surface area contributed by atoms with Crippen LogP contribution in [0.15, 0.2) is 41.5 Å². The third-order valence-corrected chi connectivity index (χ3v) is 8.04. The standard InChI is InChI=1S/C21H22ClF3N4O3S/c1-11(21(23,24)25)29-33(31,32)14-7-8-20(27-10-14,12-3-2-4-12)18-17(19(26)30)15-9-13(22)5-6-16(15)28-18/h5-12,27-29H,2-4H2,1H3,(H2,26,30)/t11-,20?/m0/s1. The van der Waals surface area contributed by atoms with E-state index in [4.69, 9.17) is 17.3 Å². The molecule has 2 heterocycles. The number of dihydropyridines is 1. The van der Waals surface area contributed by atoms with Crippen LogP contribution in [0.4, 0.5) is 13.2 Å². The monoisotopic (exact) mass is 502 g/mol. The summed E-state index contributed by atoms with van der Waals surface area (Å²) < 4.78 is 65.3. The fourth-order valence-electron chi connectivity index (χ4n) is 4.24. The van der Waals surface area contributed by atoms with Crippen molar-refractivity contribution in [2.45, 2.75) is 43.9 Å². The third-order valence-electron chi connectivity index (χ3n) is 6.27. The lowest BCUT2D eigenvalue weighted by Gasteiger charge is -2.45. The maximum absolute atomic E-state index is 12.9. The Morgan fingerprint density at radius 3 is 2.55 bits per heavy atom. The predicted octanol–water partition coefficient (Wildman–Crippen LogP) is 3.79. The van der Waals surface area contributed by atoms with Gasteiger partial charge in [-0.2, -0.15) is 17.9 Å². The average Bonchev–Trinajstić information content (AvgIpc) is 3.05. The van der Waals surface area contributed by atoms with Crippen molar-refractivity contribution >= 4 is 38.4 Å². The van der Waals surface area contributed by atoms with Gasteiger partial charge in [0, 0.05) is 22.1 Å². The van der Waals surface area contributed by atoms with Crippen LogP contribution in [0.5, 0.6) is 0 Å². The van der Waals surface area contributed by atoms with E-state index in [9.17, 15) is 26.4 Å². The Bertz CT molecular complexity index is 1280. The number of aromatic nitrogens is 1. The summed E-state index contributed by atoms with van der Waals surface area (Å²) in [5, 5.41) is 4.01. The second-order valence-electron chi connectivity index (χ2n) is 8.33. The van der Waals surface area contributed by atoms with Gasteiger partial charge in [-0.1, -0.05) is 24.1 Å². The molecular weight excluding hydrogens is 481 g/mol. The van der Waals surface area contributed by atoms with Crippen LogP contribution in [0.3, 0.4) is 0 Å². The van der Waals surface area contributed by atoms with E-state index in [2.05, 4.69) is 10.3 Å². The molecule has 1 saturated carbocycles. The van der Waals surface area contributed by atoms with Crippen molar-refractivity contribution in [1.82, 2.24) is 15.0 Å². The molecule has 0 radical (unpaired) electrons. The van der Waals surface area contributed by atoms with Gasteiger partial charge >= 0.3 is 6.18 Å². The van der Waals surface area contributed by atoms with Crippen molar-refractivity contribution in [3.8, 4) is 0 Å². The molecule has 1 aliphatic heterocycles. The maximum Gasteiger partial charge on any atom is 0.404 e. The van der Waals surface area contributed by atoms with Crippen molar-refractivity contribution in [2.75, 3.05) is 0 Å². The first-order valence-electron chi connectivity index (χ1n) is 10.2. The minimum absolute atomic E-state index is 0.00190. The van der Waals surface area contributed by atoms with Gasteiger partial charge in [0.25, 0.3) is 5.91 Å². The molecule has 0 spiro atoms. The van der Waals surface area contributed by atoms with Gasteiger partial charge in [-0.15, -0.1) is 0 Å². The summed E-state index contributed by atoms with van der Waals surface area (Å²) in [6, 6.07) is 2.73. The summed E-state index contributed by atoms with van der Waals surface area (Å²) >= 11 is 6.11. The number of alkyl halides is 3. The number of nitrogens with one attached hydrogen (secondary N) is 3. The Hall–Kier alpha value is -2.50. The van der Waals surface area contributed by atoms with Crippen LogP contribution in [-0.4, -0.2) is 31.5 Å². The Kier molecular flexibility index (Phi) is 5.78. The number of hydrogen-bond donors (Lipinski definition) is 4. The SMILES string of the molecule is C[C@H](NS(=O)(=O)C1=CNC(c2[nH]c3ccc(Cl)cc3c2C(N)=O)(C2CCC2)C=C1)C(F)(F)F. The topological polar surface area (TPSA) is 117 Å². The van der Waals surface area contributed by atoms with Crippen LogP contribution in [0.1, 0.15) is 42.2 Å². The number of carbonyl (C=O) groups excluding carboxylic acids is 1. The Morgan fingerprint density at radius 2 is 2.03 bits per heavy atom. The van der Waals surface area contributed by atoms with Crippen LogP contribution < -0.4 is 15.8 Å². The zero-order valence-corrected chi connectivity index (χ0v) is 19.0. The van der Waals surface area contributed by atoms with Crippen molar-refractivity contribution in [3.05, 3.63) is 57.7 Å². The largest absolute Gasteiger partial charge is 0.404 e. The highest BCUT2D eigenvalue weighted by atomic mass is 35.5. The number of allylic oxidation sites excluding steroid dienone is 1. The summed E-state index contributed by atoms with van der Waals surface area (Å²) in [7, 11) is -4.45. The van der Waals surface area contributed by atoms with Crippen molar-refractivity contribution in [1.29, 1.82) is 0 Å². The van der Waals surface area contributed by atoms with E-state index in [1.54, 1.807) is 29.0 Å². The zero-order valence-electron chi connectivity index (χ0n) is 17.5. The lowest BCUT2D eigenvalue weighted by Crippen LogP contribution is -2.50. The molecule has 2 aliphatic rings. The van der Waals surface area contributed by atoms with Crippen LogP contribution in [0.25, 0.3) is 10.9 Å². The quantitative estimate of drug-likeness (QED) is 0.481. The number of H-pyrrole nitrogens is 1. The highest BCUT2D eigenvalue weighted by Gasteiger charge is 2.46. The molecular formula is C21H22ClF3N4O3S. The second kappa shape index (κ2) is 8.07. The van der Waals surface area contributed by atoms with Gasteiger partial charge in [0.15, 0.2) is 0 Å². The van der Waals surface area contributed by atoms with Gasteiger partial charge < -0.3 is 16.0 Å². The first-order valence-corrected chi connectivity index (χ1v) is 12.1. The van der Waals surface area contributed by atoms with Gasteiger partial charge in [0.1, 0.15) is 6.04 Å². The first kappa shape index (κ1) is 23.7. The van der Waals surface area contributed by atoms with E-state index in [1.807, 2.05) is 0 Å². The number of hydrogen-bond acceptors (Lipinski definition) is 4. The number of rotatable bonds is 6. The van der Waals surface area contributed by atoms with Crippen molar-refractivity contribution < 1.29 is 26.4 Å². The molecule has 0 saturated heterocycles. The zero-order chi connectivity index (χ0) is 24.2. The number of fused-ring (bicyclic) bond motifs is 1. The van der Waals surface area contributed by atoms with Gasteiger partial charge in [-0.25, -0.2) is 8.42 Å². The van der Waals surface area contributed by atoms with Crippen molar-refractivity contribution in [3.63, 3.8) is 0 Å². The number of primary amides is 1. The average molecular weight is 503 g/mol. The number of amides is 1. The van der Waals surface area contributed by atoms with E-state index < -0.39 is 33.7 Å². The summed E-state index contributed by atoms with van der Waals surface area (Å²) in [6.07, 6.45) is 1.80. The van der Waals surface area contributed by atoms with Crippen molar-refractivity contribution in [2.24, 2.45) is 11.7 Å². The number of benzene rings is 1. The molecule has 0 bridgehead atoms. The maximum atomic E-state index is 12.9. The molecule has 2 atom stereocenters. The number of carbonyl (C=O) groups is 1. The lowest BCUT2D eigenvalue weighted by atomic mass is 9.67. The van der Waals surface area contributed by atoms with E-state index >= 15 is 0 Å². The van der Waals surface area contributed by atoms with E-state index in [1.165, 1.54) is 6.08 Å². The molecule has 1 aliphatic carbocycles. The second-order valence-corrected chi connectivity index (χ2v) is 10.5. The Morgan fingerprint density at radius 1 is 1.33 bits per heavy atom. The fourth-order valence-corrected chi connectivity index (χ4v) is 5.61. The summed E-state index contributed by atoms with van der Waals surface area (Å²) in [5.74, 6) is -0.687. The molecule has 12 heteroatoms. The first-order chi connectivity index (χ1) is 15.3. The molecule has 1 amide bonds. The normalized spacial score (nSPS) is 22.5. The summed E-state index contributed by atoms with van der Waals surface area (Å²) in [4.78, 5) is 15.3. The smallest absolute Gasteiger partial charge is 0.375 e. The van der Waals surface area contributed by atoms with Gasteiger partial charge in [-0.05, 0) is 50.0 Å². The van der Waals surface area contributed by atoms with E-state index in [-0.39, 0.29) is 16.4 Å². The number of halogens is 4.